The van der Waals surface area contributed by atoms with E-state index in [4.69, 9.17) is 0 Å². The number of para-hydroxylation sites is 1. The van der Waals surface area contributed by atoms with Crippen LogP contribution in [0.25, 0.3) is 0 Å². The molecule has 0 aromatic heterocycles. The van der Waals surface area contributed by atoms with Crippen molar-refractivity contribution < 1.29 is 18.0 Å². The summed E-state index contributed by atoms with van der Waals surface area (Å²) >= 11 is 0. The Labute approximate surface area is 192 Å². The molecule has 3 aromatic rings. The van der Waals surface area contributed by atoms with Crippen molar-refractivity contribution in [2.24, 2.45) is 0 Å². The minimum atomic E-state index is -3.31. The first-order chi connectivity index (χ1) is 15.9. The number of benzene rings is 3. The summed E-state index contributed by atoms with van der Waals surface area (Å²) in [6.07, 6.45) is 1.42. The van der Waals surface area contributed by atoms with Gasteiger partial charge in [-0.25, -0.2) is 8.42 Å². The number of carbonyl (C=O) groups excluding carboxylic acids is 2. The van der Waals surface area contributed by atoms with E-state index >= 15 is 0 Å². The van der Waals surface area contributed by atoms with Gasteiger partial charge in [0.1, 0.15) is 0 Å². The maximum Gasteiger partial charge on any atom is 0.258 e. The summed E-state index contributed by atoms with van der Waals surface area (Å²) in [6, 6.07) is 21.3. The van der Waals surface area contributed by atoms with Gasteiger partial charge in [0, 0.05) is 35.6 Å². The van der Waals surface area contributed by atoms with Crippen molar-refractivity contribution in [3.63, 3.8) is 0 Å². The Morgan fingerprint density at radius 1 is 0.848 bits per heavy atom. The minimum Gasteiger partial charge on any atom is -0.322 e. The highest BCUT2D eigenvalue weighted by Crippen LogP contribution is 2.29. The molecule has 1 saturated heterocycles. The van der Waals surface area contributed by atoms with Crippen LogP contribution in [0.5, 0.6) is 0 Å². The quantitative estimate of drug-likeness (QED) is 0.642. The molecule has 168 valence electrons. The van der Waals surface area contributed by atoms with Gasteiger partial charge in [-0.1, -0.05) is 24.3 Å². The van der Waals surface area contributed by atoms with Gasteiger partial charge in [0.25, 0.3) is 11.8 Å². The van der Waals surface area contributed by atoms with Gasteiger partial charge in [-0.15, -0.1) is 0 Å². The minimum absolute atomic E-state index is 0.0719. The van der Waals surface area contributed by atoms with Crippen LogP contribution in [0.1, 0.15) is 32.7 Å². The van der Waals surface area contributed by atoms with Gasteiger partial charge in [-0.2, -0.15) is 0 Å². The lowest BCUT2D eigenvalue weighted by Crippen LogP contribution is -2.28. The molecule has 0 aliphatic carbocycles. The van der Waals surface area contributed by atoms with Crippen LogP contribution in [0, 0.1) is 0 Å². The number of nitrogens with one attached hydrogen (secondary N) is 1. The summed E-state index contributed by atoms with van der Waals surface area (Å²) in [5.74, 6) is -0.296. The molecule has 8 heteroatoms. The van der Waals surface area contributed by atoms with Crippen LogP contribution in [-0.2, 0) is 16.4 Å². The molecule has 0 unspecified atom stereocenters. The molecule has 2 aliphatic rings. The van der Waals surface area contributed by atoms with E-state index in [1.54, 1.807) is 53.4 Å². The smallest absolute Gasteiger partial charge is 0.258 e. The predicted molar refractivity (Wildman–Crippen MR) is 128 cm³/mol. The second kappa shape index (κ2) is 8.37. The number of carbonyl (C=O) groups is 2. The Bertz CT molecular complexity index is 1340. The molecule has 2 aliphatic heterocycles. The number of fused-ring (bicyclic) bond motifs is 1. The van der Waals surface area contributed by atoms with E-state index in [0.29, 0.717) is 42.0 Å². The summed E-state index contributed by atoms with van der Waals surface area (Å²) in [6.45, 7) is 1.07. The van der Waals surface area contributed by atoms with Crippen LogP contribution >= 0.6 is 0 Å². The van der Waals surface area contributed by atoms with Crippen molar-refractivity contribution in [3.05, 3.63) is 89.5 Å². The zero-order chi connectivity index (χ0) is 23.0. The van der Waals surface area contributed by atoms with Crippen molar-refractivity contribution >= 4 is 38.9 Å². The number of anilines is 3. The Kier molecular flexibility index (Phi) is 5.38. The van der Waals surface area contributed by atoms with Crippen LogP contribution in [0.3, 0.4) is 0 Å². The van der Waals surface area contributed by atoms with Gasteiger partial charge in [-0.05, 0) is 66.9 Å². The molecule has 5 rings (SSSR count). The largest absolute Gasteiger partial charge is 0.322 e. The van der Waals surface area contributed by atoms with Crippen LogP contribution in [-0.4, -0.2) is 39.1 Å². The van der Waals surface area contributed by atoms with E-state index < -0.39 is 10.0 Å². The first-order valence-corrected chi connectivity index (χ1v) is 12.4. The third-order valence-electron chi connectivity index (χ3n) is 6.02. The van der Waals surface area contributed by atoms with Gasteiger partial charge in [0.05, 0.1) is 11.4 Å². The Balaban J connectivity index is 1.29. The number of sulfonamides is 1. The molecule has 0 atom stereocenters. The van der Waals surface area contributed by atoms with E-state index in [2.05, 4.69) is 5.32 Å². The molecular formula is C25H23N3O4S. The zero-order valence-electron chi connectivity index (χ0n) is 17.9. The molecule has 0 spiro atoms. The van der Waals surface area contributed by atoms with E-state index in [1.165, 1.54) is 9.87 Å². The van der Waals surface area contributed by atoms with E-state index in [1.807, 2.05) is 24.3 Å². The Hall–Kier alpha value is -3.65. The van der Waals surface area contributed by atoms with E-state index in [-0.39, 0.29) is 17.6 Å². The van der Waals surface area contributed by atoms with Crippen molar-refractivity contribution in [2.45, 2.75) is 12.8 Å². The lowest BCUT2D eigenvalue weighted by molar-refractivity contribution is 0.0988. The number of nitrogens with zero attached hydrogens (tertiary/aromatic N) is 2. The monoisotopic (exact) mass is 461 g/mol. The summed E-state index contributed by atoms with van der Waals surface area (Å²) in [5.41, 5.74) is 4.07. The molecule has 0 saturated carbocycles. The van der Waals surface area contributed by atoms with Gasteiger partial charge in [0.2, 0.25) is 10.0 Å². The summed E-state index contributed by atoms with van der Waals surface area (Å²) in [4.78, 5) is 27.5. The van der Waals surface area contributed by atoms with Crippen LogP contribution in [0.2, 0.25) is 0 Å². The third kappa shape index (κ3) is 4.09. The fourth-order valence-corrected chi connectivity index (χ4v) is 5.89. The van der Waals surface area contributed by atoms with Gasteiger partial charge >= 0.3 is 0 Å². The second-order valence-corrected chi connectivity index (χ2v) is 10.2. The highest BCUT2D eigenvalue weighted by Gasteiger charge is 2.29. The molecule has 1 N–H and O–H groups in total. The molecule has 0 bridgehead atoms. The SMILES string of the molecule is O=C(Nc1ccc(C(=O)N2CCc3ccccc32)cc1)c1cccc(N2CCCS2(=O)=O)c1. The standard InChI is InChI=1S/C25H23N3O4S/c29-24(20-6-3-7-22(17-20)28-14-4-16-33(28,31)32)26-21-11-9-19(10-12-21)25(30)27-15-13-18-5-1-2-8-23(18)27/h1-3,5-12,17H,4,13-16H2,(H,26,29). The molecule has 0 radical (unpaired) electrons. The Morgan fingerprint density at radius 3 is 2.39 bits per heavy atom. The summed E-state index contributed by atoms with van der Waals surface area (Å²) < 4.78 is 25.7. The fourth-order valence-electron chi connectivity index (χ4n) is 4.34. The van der Waals surface area contributed by atoms with Gasteiger partial charge in [0.15, 0.2) is 0 Å². The van der Waals surface area contributed by atoms with Crippen LogP contribution in [0.15, 0.2) is 72.8 Å². The van der Waals surface area contributed by atoms with E-state index in [9.17, 15) is 18.0 Å². The molecular weight excluding hydrogens is 438 g/mol. The van der Waals surface area contributed by atoms with Crippen molar-refractivity contribution in [1.29, 1.82) is 0 Å². The lowest BCUT2D eigenvalue weighted by atomic mass is 10.1. The molecule has 7 nitrogen and oxygen atoms in total. The second-order valence-electron chi connectivity index (χ2n) is 8.16. The van der Waals surface area contributed by atoms with Gasteiger partial charge < -0.3 is 10.2 Å². The average molecular weight is 462 g/mol. The first-order valence-electron chi connectivity index (χ1n) is 10.8. The maximum absolute atomic E-state index is 13.0. The van der Waals surface area contributed by atoms with Crippen molar-refractivity contribution in [1.82, 2.24) is 0 Å². The van der Waals surface area contributed by atoms with Crippen LogP contribution < -0.4 is 14.5 Å². The number of hydrogen-bond acceptors (Lipinski definition) is 4. The first kappa shape index (κ1) is 21.2. The molecule has 33 heavy (non-hydrogen) atoms. The maximum atomic E-state index is 13.0. The van der Waals surface area contributed by atoms with Crippen molar-refractivity contribution in [3.8, 4) is 0 Å². The molecule has 2 amide bonds. The lowest BCUT2D eigenvalue weighted by Gasteiger charge is -2.18. The van der Waals surface area contributed by atoms with E-state index in [0.717, 1.165) is 12.1 Å². The fraction of sp³-hybridized carbons (Fsp3) is 0.200. The topological polar surface area (TPSA) is 86.8 Å². The molecule has 1 fully saturated rings. The normalized spacial score (nSPS) is 16.5. The highest BCUT2D eigenvalue weighted by atomic mass is 32.2. The molecule has 3 aromatic carbocycles. The number of rotatable bonds is 4. The summed E-state index contributed by atoms with van der Waals surface area (Å²) in [7, 11) is -3.31. The number of hydrogen-bond donors (Lipinski definition) is 1. The third-order valence-corrected chi connectivity index (χ3v) is 7.89. The average Bonchev–Trinajstić information content (AvgIpc) is 3.42. The van der Waals surface area contributed by atoms with Gasteiger partial charge in [-0.3, -0.25) is 13.9 Å². The number of amides is 2. The highest BCUT2D eigenvalue weighted by molar-refractivity contribution is 7.93. The van der Waals surface area contributed by atoms with Crippen molar-refractivity contribution in [2.75, 3.05) is 33.4 Å². The summed E-state index contributed by atoms with van der Waals surface area (Å²) in [5, 5.41) is 2.82. The predicted octanol–water partition coefficient (Wildman–Crippen LogP) is 3.68. The Morgan fingerprint density at radius 2 is 1.64 bits per heavy atom. The zero-order valence-corrected chi connectivity index (χ0v) is 18.7. The van der Waals surface area contributed by atoms with Crippen LogP contribution in [0.4, 0.5) is 17.1 Å². The molecule has 2 heterocycles.